The number of aryl methyl sites for hydroxylation is 2. The molecule has 106 valence electrons. The predicted octanol–water partition coefficient (Wildman–Crippen LogP) is 2.53. The standard InChI is InChI=1S/C16H25NO2/c1-13-10-14(2)12-15(11-13)19-9-8-17-6-4-16(3,18)5-7-17/h10-12,18H,4-9H2,1-3H3. The van der Waals surface area contributed by atoms with Gasteiger partial charge in [0.2, 0.25) is 0 Å². The minimum absolute atomic E-state index is 0.467. The molecule has 1 aliphatic heterocycles. The van der Waals surface area contributed by atoms with Crippen molar-refractivity contribution < 1.29 is 9.84 Å². The highest BCUT2D eigenvalue weighted by Gasteiger charge is 2.26. The largest absolute Gasteiger partial charge is 0.492 e. The van der Waals surface area contributed by atoms with Gasteiger partial charge in [-0.25, -0.2) is 0 Å². The SMILES string of the molecule is Cc1cc(C)cc(OCCN2CCC(C)(O)CC2)c1. The monoisotopic (exact) mass is 263 g/mol. The fourth-order valence-electron chi connectivity index (χ4n) is 2.57. The first-order chi connectivity index (χ1) is 8.94. The molecular weight excluding hydrogens is 238 g/mol. The van der Waals surface area contributed by atoms with Crippen molar-refractivity contribution in [3.63, 3.8) is 0 Å². The van der Waals surface area contributed by atoms with Crippen LogP contribution in [0.3, 0.4) is 0 Å². The molecule has 1 N–H and O–H groups in total. The van der Waals surface area contributed by atoms with E-state index in [2.05, 4.69) is 36.9 Å². The molecule has 1 saturated heterocycles. The van der Waals surface area contributed by atoms with Crippen molar-refractivity contribution in [3.05, 3.63) is 29.3 Å². The van der Waals surface area contributed by atoms with Crippen molar-refractivity contribution in [2.75, 3.05) is 26.2 Å². The van der Waals surface area contributed by atoms with E-state index in [4.69, 9.17) is 4.74 Å². The lowest BCUT2D eigenvalue weighted by Gasteiger charge is -2.35. The minimum atomic E-state index is -0.467. The summed E-state index contributed by atoms with van der Waals surface area (Å²) in [4.78, 5) is 2.36. The Balaban J connectivity index is 1.75. The molecule has 3 heteroatoms. The van der Waals surface area contributed by atoms with E-state index in [-0.39, 0.29) is 0 Å². The second kappa shape index (κ2) is 5.93. The maximum absolute atomic E-state index is 9.90. The number of aliphatic hydroxyl groups is 1. The van der Waals surface area contributed by atoms with E-state index in [0.717, 1.165) is 38.2 Å². The van der Waals surface area contributed by atoms with Gasteiger partial charge in [-0.2, -0.15) is 0 Å². The molecule has 0 amide bonds. The number of hydrogen-bond donors (Lipinski definition) is 1. The highest BCUT2D eigenvalue weighted by Crippen LogP contribution is 2.21. The third-order valence-electron chi connectivity index (χ3n) is 3.80. The number of piperidine rings is 1. The van der Waals surface area contributed by atoms with Gasteiger partial charge in [-0.3, -0.25) is 4.90 Å². The van der Waals surface area contributed by atoms with E-state index >= 15 is 0 Å². The van der Waals surface area contributed by atoms with Crippen LogP contribution < -0.4 is 4.74 Å². The molecule has 1 aromatic carbocycles. The molecule has 0 saturated carbocycles. The van der Waals surface area contributed by atoms with Crippen LogP contribution in [0.5, 0.6) is 5.75 Å². The van der Waals surface area contributed by atoms with Gasteiger partial charge in [-0.05, 0) is 56.9 Å². The zero-order valence-electron chi connectivity index (χ0n) is 12.3. The number of benzene rings is 1. The quantitative estimate of drug-likeness (QED) is 0.906. The summed E-state index contributed by atoms with van der Waals surface area (Å²) in [6, 6.07) is 6.31. The van der Waals surface area contributed by atoms with Crippen LogP contribution in [0.25, 0.3) is 0 Å². The van der Waals surface area contributed by atoms with Crippen LogP contribution in [-0.2, 0) is 0 Å². The summed E-state index contributed by atoms with van der Waals surface area (Å²) in [6.07, 6.45) is 1.72. The second-order valence-electron chi connectivity index (χ2n) is 6.01. The molecule has 1 aliphatic rings. The molecule has 19 heavy (non-hydrogen) atoms. The minimum Gasteiger partial charge on any atom is -0.492 e. The van der Waals surface area contributed by atoms with E-state index in [1.807, 2.05) is 6.92 Å². The molecule has 1 heterocycles. The van der Waals surface area contributed by atoms with Crippen LogP contribution in [0.1, 0.15) is 30.9 Å². The Labute approximate surface area is 116 Å². The first kappa shape index (κ1) is 14.4. The first-order valence-electron chi connectivity index (χ1n) is 7.10. The molecule has 0 radical (unpaired) electrons. The number of rotatable bonds is 4. The van der Waals surface area contributed by atoms with Gasteiger partial charge in [0.15, 0.2) is 0 Å². The average molecular weight is 263 g/mol. The lowest BCUT2D eigenvalue weighted by Crippen LogP contribution is -2.43. The lowest BCUT2D eigenvalue weighted by molar-refractivity contribution is -0.00768. The molecule has 0 aromatic heterocycles. The molecular formula is C16H25NO2. The van der Waals surface area contributed by atoms with E-state index in [0.29, 0.717) is 6.61 Å². The number of nitrogens with zero attached hydrogens (tertiary/aromatic N) is 1. The highest BCUT2D eigenvalue weighted by atomic mass is 16.5. The van der Waals surface area contributed by atoms with Crippen molar-refractivity contribution in [3.8, 4) is 5.75 Å². The van der Waals surface area contributed by atoms with Crippen LogP contribution in [0.15, 0.2) is 18.2 Å². The average Bonchev–Trinajstić information content (AvgIpc) is 2.30. The van der Waals surface area contributed by atoms with Gasteiger partial charge in [0.1, 0.15) is 12.4 Å². The Morgan fingerprint density at radius 1 is 1.16 bits per heavy atom. The van der Waals surface area contributed by atoms with Crippen LogP contribution in [0, 0.1) is 13.8 Å². The van der Waals surface area contributed by atoms with Gasteiger partial charge in [0.05, 0.1) is 5.60 Å². The van der Waals surface area contributed by atoms with Crippen molar-refractivity contribution in [1.82, 2.24) is 4.90 Å². The molecule has 0 aliphatic carbocycles. The Bertz CT molecular complexity index is 399. The molecule has 1 aromatic rings. The Hall–Kier alpha value is -1.06. The summed E-state index contributed by atoms with van der Waals surface area (Å²) < 4.78 is 5.82. The molecule has 0 bridgehead atoms. The van der Waals surface area contributed by atoms with Crippen LogP contribution in [0.2, 0.25) is 0 Å². The van der Waals surface area contributed by atoms with Gasteiger partial charge in [-0.1, -0.05) is 6.07 Å². The smallest absolute Gasteiger partial charge is 0.119 e. The van der Waals surface area contributed by atoms with Gasteiger partial charge >= 0.3 is 0 Å². The summed E-state index contributed by atoms with van der Waals surface area (Å²) in [6.45, 7) is 9.68. The summed E-state index contributed by atoms with van der Waals surface area (Å²) in [5.41, 5.74) is 2.01. The molecule has 1 fully saturated rings. The Morgan fingerprint density at radius 3 is 2.32 bits per heavy atom. The van der Waals surface area contributed by atoms with E-state index in [9.17, 15) is 5.11 Å². The molecule has 3 nitrogen and oxygen atoms in total. The fourth-order valence-corrected chi connectivity index (χ4v) is 2.57. The summed E-state index contributed by atoms with van der Waals surface area (Å²) >= 11 is 0. The van der Waals surface area contributed by atoms with Crippen LogP contribution >= 0.6 is 0 Å². The lowest BCUT2D eigenvalue weighted by atomic mass is 9.94. The zero-order chi connectivity index (χ0) is 13.9. The van der Waals surface area contributed by atoms with Crippen LogP contribution in [-0.4, -0.2) is 41.8 Å². The molecule has 2 rings (SSSR count). The van der Waals surface area contributed by atoms with E-state index in [1.165, 1.54) is 11.1 Å². The maximum Gasteiger partial charge on any atom is 0.119 e. The van der Waals surface area contributed by atoms with Crippen molar-refractivity contribution in [1.29, 1.82) is 0 Å². The molecule has 0 unspecified atom stereocenters. The highest BCUT2D eigenvalue weighted by molar-refractivity contribution is 5.32. The fraction of sp³-hybridized carbons (Fsp3) is 0.625. The molecule has 0 atom stereocenters. The second-order valence-corrected chi connectivity index (χ2v) is 6.01. The van der Waals surface area contributed by atoms with Crippen molar-refractivity contribution >= 4 is 0 Å². The number of ether oxygens (including phenoxy) is 1. The first-order valence-corrected chi connectivity index (χ1v) is 7.10. The zero-order valence-corrected chi connectivity index (χ0v) is 12.3. The van der Waals surface area contributed by atoms with Gasteiger partial charge in [0.25, 0.3) is 0 Å². The summed E-state index contributed by atoms with van der Waals surface area (Å²) in [5.74, 6) is 0.960. The normalized spacial score (nSPS) is 19.4. The topological polar surface area (TPSA) is 32.7 Å². The van der Waals surface area contributed by atoms with Gasteiger partial charge in [-0.15, -0.1) is 0 Å². The Morgan fingerprint density at radius 2 is 1.74 bits per heavy atom. The van der Waals surface area contributed by atoms with Gasteiger partial charge in [0, 0.05) is 19.6 Å². The number of likely N-dealkylation sites (tertiary alicyclic amines) is 1. The Kier molecular flexibility index (Phi) is 4.48. The molecule has 0 spiro atoms. The third kappa shape index (κ3) is 4.51. The van der Waals surface area contributed by atoms with Crippen LogP contribution in [0.4, 0.5) is 0 Å². The summed E-state index contributed by atoms with van der Waals surface area (Å²) in [7, 11) is 0. The van der Waals surface area contributed by atoms with E-state index in [1.54, 1.807) is 0 Å². The van der Waals surface area contributed by atoms with E-state index < -0.39 is 5.60 Å². The third-order valence-corrected chi connectivity index (χ3v) is 3.80. The van der Waals surface area contributed by atoms with Gasteiger partial charge < -0.3 is 9.84 Å². The van der Waals surface area contributed by atoms with Crippen molar-refractivity contribution in [2.45, 2.75) is 39.2 Å². The maximum atomic E-state index is 9.90. The van der Waals surface area contributed by atoms with Crippen molar-refractivity contribution in [2.24, 2.45) is 0 Å². The predicted molar refractivity (Wildman–Crippen MR) is 77.7 cm³/mol. The summed E-state index contributed by atoms with van der Waals surface area (Å²) in [5, 5.41) is 9.90. The number of hydrogen-bond acceptors (Lipinski definition) is 3.